The molecule has 0 bridgehead atoms. The van der Waals surface area contributed by atoms with Gasteiger partial charge in [0.05, 0.1) is 5.56 Å². The van der Waals surface area contributed by atoms with E-state index in [1.807, 2.05) is 24.3 Å². The van der Waals surface area contributed by atoms with Gasteiger partial charge in [0.15, 0.2) is 11.6 Å². The highest BCUT2D eigenvalue weighted by molar-refractivity contribution is 5.52. The lowest BCUT2D eigenvalue weighted by atomic mass is 9.82. The molecule has 3 rings (SSSR count). The Morgan fingerprint density at radius 3 is 2.33 bits per heavy atom. The van der Waals surface area contributed by atoms with Crippen molar-refractivity contribution in [2.75, 3.05) is 0 Å². The van der Waals surface area contributed by atoms with Gasteiger partial charge in [0.25, 0.3) is 0 Å². The van der Waals surface area contributed by atoms with Crippen molar-refractivity contribution in [1.29, 1.82) is 0 Å². The van der Waals surface area contributed by atoms with Crippen LogP contribution in [0.1, 0.15) is 80.0 Å². The average Bonchev–Trinajstić information content (AvgIpc) is 2.74. The predicted molar refractivity (Wildman–Crippen MR) is 113 cm³/mol. The lowest BCUT2D eigenvalue weighted by Gasteiger charge is -2.28. The zero-order valence-electron chi connectivity index (χ0n) is 17.2. The van der Waals surface area contributed by atoms with Gasteiger partial charge < -0.3 is 0 Å². The Hall–Kier alpha value is -2.54. The molecule has 0 nitrogen and oxygen atoms in total. The average molecular weight is 414 g/mol. The van der Waals surface area contributed by atoms with Gasteiger partial charge in [-0.25, -0.2) is 17.6 Å². The monoisotopic (exact) mass is 414 g/mol. The minimum absolute atomic E-state index is 0.0269. The van der Waals surface area contributed by atoms with E-state index in [2.05, 4.69) is 30.9 Å². The molecule has 2 aromatic rings. The zero-order valence-corrected chi connectivity index (χ0v) is 17.2. The van der Waals surface area contributed by atoms with Gasteiger partial charge >= 0.3 is 0 Å². The first kappa shape index (κ1) is 22.2. The summed E-state index contributed by atoms with van der Waals surface area (Å²) < 4.78 is 55.7. The maximum absolute atomic E-state index is 14.6. The van der Waals surface area contributed by atoms with E-state index in [0.717, 1.165) is 24.8 Å². The number of alkyl halides is 2. The molecule has 1 aliphatic rings. The summed E-state index contributed by atoms with van der Waals surface area (Å²) in [5.74, 6) is 0.505. The summed E-state index contributed by atoms with van der Waals surface area (Å²) in [6, 6.07) is 10.5. The molecule has 0 heterocycles. The third-order valence-electron chi connectivity index (χ3n) is 5.56. The fraction of sp³-hybridized carbons (Fsp3) is 0.385. The number of unbranched alkanes of at least 4 members (excludes halogenated alkanes) is 2. The first-order valence-electron chi connectivity index (χ1n) is 10.5. The Bertz CT molecular complexity index is 935. The zero-order chi connectivity index (χ0) is 21.6. The Kier molecular flexibility index (Phi) is 7.37. The first-order chi connectivity index (χ1) is 14.4. The van der Waals surface area contributed by atoms with Crippen LogP contribution in [0.15, 0.2) is 42.5 Å². The molecule has 0 N–H and O–H groups in total. The molecule has 158 valence electrons. The van der Waals surface area contributed by atoms with Crippen LogP contribution in [0.5, 0.6) is 0 Å². The van der Waals surface area contributed by atoms with E-state index in [0.29, 0.717) is 5.56 Å². The molecule has 0 saturated heterocycles. The summed E-state index contributed by atoms with van der Waals surface area (Å²) in [4.78, 5) is 0. The number of halogens is 4. The van der Waals surface area contributed by atoms with Crippen LogP contribution in [0, 0.1) is 23.5 Å². The summed E-state index contributed by atoms with van der Waals surface area (Å²) >= 11 is 0. The summed E-state index contributed by atoms with van der Waals surface area (Å²) in [6.45, 7) is 2.15. The lowest BCUT2D eigenvalue weighted by molar-refractivity contribution is -0.0384. The minimum Gasteiger partial charge on any atom is -0.207 e. The smallest absolute Gasteiger partial charge is 0.207 e. The molecule has 4 heteroatoms. The quantitative estimate of drug-likeness (QED) is 0.265. The van der Waals surface area contributed by atoms with E-state index in [9.17, 15) is 17.6 Å². The van der Waals surface area contributed by atoms with E-state index in [-0.39, 0.29) is 42.7 Å². The number of benzene rings is 2. The van der Waals surface area contributed by atoms with Crippen LogP contribution in [-0.4, -0.2) is 5.92 Å². The van der Waals surface area contributed by atoms with Gasteiger partial charge in [-0.05, 0) is 54.5 Å². The van der Waals surface area contributed by atoms with Crippen LogP contribution < -0.4 is 0 Å². The maximum Gasteiger partial charge on any atom is 0.248 e. The first-order valence-corrected chi connectivity index (χ1v) is 10.5. The highest BCUT2D eigenvalue weighted by Gasteiger charge is 2.36. The highest BCUT2D eigenvalue weighted by atomic mass is 19.3. The van der Waals surface area contributed by atoms with Gasteiger partial charge in [-0.3, -0.25) is 0 Å². The van der Waals surface area contributed by atoms with Crippen LogP contribution in [0.2, 0.25) is 0 Å². The van der Waals surface area contributed by atoms with E-state index >= 15 is 0 Å². The second-order valence-corrected chi connectivity index (χ2v) is 7.88. The van der Waals surface area contributed by atoms with Gasteiger partial charge in [-0.2, -0.15) is 0 Å². The van der Waals surface area contributed by atoms with Gasteiger partial charge in [0.1, 0.15) is 0 Å². The molecule has 0 spiro atoms. The molecule has 30 heavy (non-hydrogen) atoms. The number of hydrogen-bond acceptors (Lipinski definition) is 0. The van der Waals surface area contributed by atoms with Gasteiger partial charge in [0.2, 0.25) is 5.92 Å². The fourth-order valence-electron chi connectivity index (χ4n) is 3.69. The summed E-state index contributed by atoms with van der Waals surface area (Å²) in [5.41, 5.74) is 1.92. The largest absolute Gasteiger partial charge is 0.248 e. The molecular weight excluding hydrogens is 388 g/mol. The van der Waals surface area contributed by atoms with Crippen LogP contribution >= 0.6 is 0 Å². The molecule has 0 amide bonds. The highest BCUT2D eigenvalue weighted by Crippen LogP contribution is 2.41. The molecule has 0 aliphatic heterocycles. The Morgan fingerprint density at radius 2 is 1.67 bits per heavy atom. The van der Waals surface area contributed by atoms with Crippen LogP contribution in [0.4, 0.5) is 17.6 Å². The maximum atomic E-state index is 14.6. The second-order valence-electron chi connectivity index (χ2n) is 7.88. The van der Waals surface area contributed by atoms with Crippen molar-refractivity contribution in [3.63, 3.8) is 0 Å². The van der Waals surface area contributed by atoms with Crippen molar-refractivity contribution in [1.82, 2.24) is 0 Å². The molecule has 0 atom stereocenters. The molecule has 0 aromatic heterocycles. The molecule has 1 aliphatic carbocycles. The number of allylic oxidation sites excluding steroid dienone is 1. The van der Waals surface area contributed by atoms with Crippen LogP contribution in [-0.2, 0) is 0 Å². The van der Waals surface area contributed by atoms with E-state index in [1.54, 1.807) is 0 Å². The number of hydrogen-bond donors (Lipinski definition) is 0. The Labute approximate surface area is 176 Å². The second kappa shape index (κ2) is 9.98. The molecule has 1 fully saturated rings. The SMILES string of the molecule is CCCC/C=C/c1ccc(C#Cc2ccc(C3CCC(F)(F)CC3)c(F)c2F)cc1. The van der Waals surface area contributed by atoms with Gasteiger partial charge in [0, 0.05) is 18.4 Å². The molecule has 0 unspecified atom stereocenters. The van der Waals surface area contributed by atoms with Crippen molar-refractivity contribution in [3.8, 4) is 11.8 Å². The van der Waals surface area contributed by atoms with E-state index < -0.39 is 17.6 Å². The third kappa shape index (κ3) is 5.75. The lowest BCUT2D eigenvalue weighted by Crippen LogP contribution is -2.24. The van der Waals surface area contributed by atoms with Gasteiger partial charge in [-0.15, -0.1) is 0 Å². The normalized spacial score (nSPS) is 16.4. The van der Waals surface area contributed by atoms with Gasteiger partial charge in [-0.1, -0.05) is 62.0 Å². The van der Waals surface area contributed by atoms with E-state index in [4.69, 9.17) is 0 Å². The number of rotatable bonds is 5. The van der Waals surface area contributed by atoms with Crippen molar-refractivity contribution in [2.24, 2.45) is 0 Å². The van der Waals surface area contributed by atoms with Crippen molar-refractivity contribution < 1.29 is 17.6 Å². The minimum atomic E-state index is -2.70. The van der Waals surface area contributed by atoms with Crippen molar-refractivity contribution in [2.45, 2.75) is 63.7 Å². The van der Waals surface area contributed by atoms with E-state index in [1.165, 1.54) is 12.1 Å². The molecule has 1 saturated carbocycles. The van der Waals surface area contributed by atoms with Crippen molar-refractivity contribution in [3.05, 3.63) is 76.4 Å². The third-order valence-corrected chi connectivity index (χ3v) is 5.56. The molecule has 0 radical (unpaired) electrons. The summed E-state index contributed by atoms with van der Waals surface area (Å²) in [7, 11) is 0. The topological polar surface area (TPSA) is 0 Å². The Balaban J connectivity index is 1.70. The van der Waals surface area contributed by atoms with Crippen LogP contribution in [0.25, 0.3) is 6.08 Å². The summed E-state index contributed by atoms with van der Waals surface area (Å²) in [6.07, 6.45) is 7.30. The van der Waals surface area contributed by atoms with Crippen molar-refractivity contribution >= 4 is 6.08 Å². The molecule has 2 aromatic carbocycles. The molecular formula is C26H26F4. The van der Waals surface area contributed by atoms with Crippen LogP contribution in [0.3, 0.4) is 0 Å². The fourth-order valence-corrected chi connectivity index (χ4v) is 3.69. The Morgan fingerprint density at radius 1 is 0.967 bits per heavy atom. The standard InChI is InChI=1S/C26H26F4/c1-2-3-4-5-6-19-7-9-20(10-8-19)11-12-22-13-14-23(25(28)24(22)27)21-15-17-26(29,30)18-16-21/h5-10,13-14,21H,2-4,15-18H2,1H3/b6-5+. The predicted octanol–water partition coefficient (Wildman–Crippen LogP) is 7.86. The summed E-state index contributed by atoms with van der Waals surface area (Å²) in [5, 5.41) is 0.